The molecule has 0 saturated carbocycles. The third kappa shape index (κ3) is 6.80. The first-order valence-corrected chi connectivity index (χ1v) is 5.74. The predicted molar refractivity (Wildman–Crippen MR) is 53.0 cm³/mol. The molecule has 0 unspecified atom stereocenters. The monoisotopic (exact) mass is 307 g/mol. The summed E-state index contributed by atoms with van der Waals surface area (Å²) in [5.74, 6) is -0.491. The molecule has 1 amide bonds. The lowest BCUT2D eigenvalue weighted by atomic mass is 10.1. The SMILES string of the molecule is CC(C)(CS(=O)(=O)O)NC(=O)I. The zero-order valence-corrected chi connectivity index (χ0v) is 9.64. The molecule has 0 aromatic rings. The van der Waals surface area contributed by atoms with E-state index < -0.39 is 21.4 Å². The molecule has 0 saturated heterocycles. The van der Waals surface area contributed by atoms with Gasteiger partial charge in [0.1, 0.15) is 0 Å². The Morgan fingerprint density at radius 2 is 2.00 bits per heavy atom. The molecule has 0 aromatic heterocycles. The van der Waals surface area contributed by atoms with Crippen molar-refractivity contribution in [3.63, 3.8) is 0 Å². The number of hydrogen-bond acceptors (Lipinski definition) is 3. The molecule has 12 heavy (non-hydrogen) atoms. The summed E-state index contributed by atoms with van der Waals surface area (Å²) in [5, 5.41) is 2.38. The maximum absolute atomic E-state index is 10.5. The first-order chi connectivity index (χ1) is 5.12. The first-order valence-electron chi connectivity index (χ1n) is 3.05. The maximum atomic E-state index is 10.5. The van der Waals surface area contributed by atoms with Crippen molar-refractivity contribution < 1.29 is 17.8 Å². The van der Waals surface area contributed by atoms with Gasteiger partial charge in [-0.15, -0.1) is 0 Å². The zero-order chi connectivity index (χ0) is 9.99. The number of nitrogens with one attached hydrogen (secondary N) is 1. The maximum Gasteiger partial charge on any atom is 0.281 e. The molecule has 0 heterocycles. The van der Waals surface area contributed by atoms with E-state index in [9.17, 15) is 13.2 Å². The molecule has 0 aliphatic heterocycles. The van der Waals surface area contributed by atoms with E-state index in [-0.39, 0.29) is 3.91 Å². The fraction of sp³-hybridized carbons (Fsp3) is 0.800. The summed E-state index contributed by atoms with van der Waals surface area (Å²) in [4.78, 5) is 10.5. The van der Waals surface area contributed by atoms with E-state index in [2.05, 4.69) is 5.32 Å². The third-order valence-electron chi connectivity index (χ3n) is 0.980. The lowest BCUT2D eigenvalue weighted by Gasteiger charge is -2.22. The average molecular weight is 307 g/mol. The highest BCUT2D eigenvalue weighted by molar-refractivity contribution is 14.1. The van der Waals surface area contributed by atoms with Crippen LogP contribution in [0.5, 0.6) is 0 Å². The van der Waals surface area contributed by atoms with Crippen molar-refractivity contribution in [3.8, 4) is 0 Å². The largest absolute Gasteiger partial charge is 0.342 e. The zero-order valence-electron chi connectivity index (χ0n) is 6.67. The first kappa shape index (κ1) is 12.1. The van der Waals surface area contributed by atoms with Crippen LogP contribution in [0.2, 0.25) is 0 Å². The van der Waals surface area contributed by atoms with Crippen LogP contribution in [-0.4, -0.2) is 28.2 Å². The molecule has 0 aromatic carbocycles. The molecule has 0 atom stereocenters. The second-order valence-electron chi connectivity index (χ2n) is 3.01. The highest BCUT2D eigenvalue weighted by Crippen LogP contribution is 2.06. The van der Waals surface area contributed by atoms with Gasteiger partial charge in [0.05, 0.1) is 11.3 Å². The second kappa shape index (κ2) is 3.88. The molecule has 0 fully saturated rings. The van der Waals surface area contributed by atoms with E-state index in [0.29, 0.717) is 0 Å². The standard InChI is InChI=1S/C5H10INO4S/c1-5(2,7-4(6)8)3-12(9,10)11/h3H2,1-2H3,(H,7,8)(H,9,10,11). The van der Waals surface area contributed by atoms with Gasteiger partial charge in [-0.3, -0.25) is 9.35 Å². The van der Waals surface area contributed by atoms with Gasteiger partial charge in [0.25, 0.3) is 14.0 Å². The topological polar surface area (TPSA) is 83.5 Å². The molecule has 0 bridgehead atoms. The van der Waals surface area contributed by atoms with Crippen molar-refractivity contribution >= 4 is 36.6 Å². The van der Waals surface area contributed by atoms with Crippen LogP contribution in [0.3, 0.4) is 0 Å². The molecule has 0 aliphatic carbocycles. The second-order valence-corrected chi connectivity index (χ2v) is 5.44. The highest BCUT2D eigenvalue weighted by atomic mass is 127. The van der Waals surface area contributed by atoms with Crippen LogP contribution in [0.4, 0.5) is 4.79 Å². The van der Waals surface area contributed by atoms with Gasteiger partial charge < -0.3 is 5.32 Å². The normalized spacial score (nSPS) is 12.7. The smallest absolute Gasteiger partial charge is 0.281 e. The summed E-state index contributed by atoms with van der Waals surface area (Å²) in [5.41, 5.74) is -0.939. The van der Waals surface area contributed by atoms with Crippen molar-refractivity contribution in [2.24, 2.45) is 0 Å². The van der Waals surface area contributed by atoms with Crippen molar-refractivity contribution in [1.29, 1.82) is 0 Å². The van der Waals surface area contributed by atoms with Crippen molar-refractivity contribution in [3.05, 3.63) is 0 Å². The summed E-state index contributed by atoms with van der Waals surface area (Å²) in [6.07, 6.45) is 0. The van der Waals surface area contributed by atoms with Crippen molar-refractivity contribution in [1.82, 2.24) is 5.32 Å². The Morgan fingerprint density at radius 3 is 2.25 bits per heavy atom. The van der Waals surface area contributed by atoms with E-state index in [1.807, 2.05) is 0 Å². The molecule has 0 aliphatic rings. The Morgan fingerprint density at radius 1 is 1.58 bits per heavy atom. The Balaban J connectivity index is 4.33. The third-order valence-corrected chi connectivity index (χ3v) is 2.34. The number of halogens is 1. The summed E-state index contributed by atoms with van der Waals surface area (Å²) < 4.78 is 29.0. The van der Waals surface area contributed by atoms with Gasteiger partial charge in [0.15, 0.2) is 0 Å². The molecule has 72 valence electrons. The number of hydrogen-bond donors (Lipinski definition) is 2. The van der Waals surface area contributed by atoms with Crippen LogP contribution in [0, 0.1) is 0 Å². The predicted octanol–water partition coefficient (Wildman–Crippen LogP) is 0.797. The minimum Gasteiger partial charge on any atom is -0.342 e. The van der Waals surface area contributed by atoms with Gasteiger partial charge in [-0.05, 0) is 13.8 Å². The highest BCUT2D eigenvalue weighted by Gasteiger charge is 2.25. The molecular formula is C5H10INO4S. The van der Waals surface area contributed by atoms with E-state index in [1.54, 1.807) is 0 Å². The molecule has 0 spiro atoms. The Bertz CT molecular complexity index is 271. The van der Waals surface area contributed by atoms with Gasteiger partial charge >= 0.3 is 0 Å². The van der Waals surface area contributed by atoms with Gasteiger partial charge in [-0.2, -0.15) is 8.42 Å². The Hall–Kier alpha value is 0.110. The van der Waals surface area contributed by atoms with Crippen LogP contribution in [0.1, 0.15) is 13.8 Å². The molecule has 7 heteroatoms. The Kier molecular flexibility index (Phi) is 3.91. The van der Waals surface area contributed by atoms with Crippen molar-refractivity contribution in [2.45, 2.75) is 19.4 Å². The van der Waals surface area contributed by atoms with Crippen LogP contribution < -0.4 is 5.32 Å². The summed E-state index contributed by atoms with van der Waals surface area (Å²) in [6, 6.07) is 0. The average Bonchev–Trinajstić information content (AvgIpc) is 1.48. The fourth-order valence-corrected chi connectivity index (χ4v) is 2.47. The molecule has 0 radical (unpaired) electrons. The van der Waals surface area contributed by atoms with E-state index in [1.165, 1.54) is 36.4 Å². The summed E-state index contributed by atoms with van der Waals surface area (Å²) >= 11 is 1.49. The number of carbonyl (C=O) groups is 1. The summed E-state index contributed by atoms with van der Waals surface area (Å²) in [7, 11) is -4.05. The van der Waals surface area contributed by atoms with E-state index >= 15 is 0 Å². The number of rotatable bonds is 3. The van der Waals surface area contributed by atoms with Crippen molar-refractivity contribution in [2.75, 3.05) is 5.75 Å². The van der Waals surface area contributed by atoms with Crippen LogP contribution in [0.25, 0.3) is 0 Å². The van der Waals surface area contributed by atoms with Crippen LogP contribution in [0.15, 0.2) is 0 Å². The van der Waals surface area contributed by atoms with Crippen LogP contribution >= 0.6 is 22.6 Å². The number of amides is 1. The van der Waals surface area contributed by atoms with E-state index in [0.717, 1.165) is 0 Å². The van der Waals surface area contributed by atoms with Gasteiger partial charge in [-0.1, -0.05) is 0 Å². The summed E-state index contributed by atoms with van der Waals surface area (Å²) in [6.45, 7) is 3.02. The van der Waals surface area contributed by atoms with E-state index in [4.69, 9.17) is 4.55 Å². The van der Waals surface area contributed by atoms with Gasteiger partial charge in [0.2, 0.25) is 0 Å². The number of carbonyl (C=O) groups excluding carboxylic acids is 1. The molecular weight excluding hydrogens is 297 g/mol. The Labute approximate surface area is 84.8 Å². The van der Waals surface area contributed by atoms with Crippen LogP contribution in [-0.2, 0) is 10.1 Å². The lowest BCUT2D eigenvalue weighted by molar-refractivity contribution is 0.255. The minimum atomic E-state index is -4.05. The minimum absolute atomic E-state index is 0.360. The molecule has 0 rings (SSSR count). The lowest BCUT2D eigenvalue weighted by Crippen LogP contribution is -2.46. The van der Waals surface area contributed by atoms with Gasteiger partial charge in [0, 0.05) is 22.6 Å². The molecule has 5 nitrogen and oxygen atoms in total. The quantitative estimate of drug-likeness (QED) is 0.350. The van der Waals surface area contributed by atoms with Gasteiger partial charge in [-0.25, -0.2) is 0 Å². The molecule has 2 N–H and O–H groups in total. The fourth-order valence-electron chi connectivity index (χ4n) is 0.758.